The summed E-state index contributed by atoms with van der Waals surface area (Å²) in [7, 11) is 0. The van der Waals surface area contributed by atoms with Gasteiger partial charge in [-0.05, 0) is 61.1 Å². The largest absolute Gasteiger partial charge is 0.363 e. The maximum atomic E-state index is 13.8. The molecular weight excluding hydrogens is 432 g/mol. The molecule has 5 heteroatoms. The summed E-state index contributed by atoms with van der Waals surface area (Å²) < 4.78 is 1.97. The van der Waals surface area contributed by atoms with Gasteiger partial charge in [0.25, 0.3) is 5.91 Å². The third kappa shape index (κ3) is 4.09. The first kappa shape index (κ1) is 23.2. The van der Waals surface area contributed by atoms with Crippen LogP contribution in [0.15, 0.2) is 79.0 Å². The Morgan fingerprint density at radius 1 is 1.03 bits per heavy atom. The van der Waals surface area contributed by atoms with Gasteiger partial charge >= 0.3 is 0 Å². The summed E-state index contributed by atoms with van der Waals surface area (Å²) in [6, 6.07) is 25.4. The molecule has 1 aromatic heterocycles. The highest BCUT2D eigenvalue weighted by Gasteiger charge is 2.38. The Hall–Kier alpha value is -3.60. The van der Waals surface area contributed by atoms with E-state index in [1.54, 1.807) is 6.20 Å². The maximum absolute atomic E-state index is 13.8. The molecule has 2 heterocycles. The first-order chi connectivity index (χ1) is 16.9. The van der Waals surface area contributed by atoms with Crippen LogP contribution in [0.3, 0.4) is 0 Å². The van der Waals surface area contributed by atoms with Crippen molar-refractivity contribution >= 4 is 22.5 Å². The Labute approximate surface area is 207 Å². The number of hydrogen-bond donors (Lipinski definition) is 2. The van der Waals surface area contributed by atoms with Crippen molar-refractivity contribution in [3.63, 3.8) is 0 Å². The molecule has 0 bridgehead atoms. The molecule has 1 aliphatic heterocycles. The zero-order valence-corrected chi connectivity index (χ0v) is 21.0. The molecule has 0 radical (unpaired) electrons. The molecule has 4 aromatic rings. The van der Waals surface area contributed by atoms with E-state index < -0.39 is 5.54 Å². The summed E-state index contributed by atoms with van der Waals surface area (Å²) in [5, 5.41) is 14.1. The van der Waals surface area contributed by atoms with Crippen molar-refractivity contribution in [3.8, 4) is 0 Å². The number of fused-ring (bicyclic) bond motifs is 2. The normalized spacial score (nSPS) is 17.0. The predicted molar refractivity (Wildman–Crippen MR) is 143 cm³/mol. The summed E-state index contributed by atoms with van der Waals surface area (Å²) in [4.78, 5) is 13.8. The van der Waals surface area contributed by atoms with Crippen molar-refractivity contribution in [1.82, 2.24) is 15.1 Å². The molecule has 1 unspecified atom stereocenters. The molecule has 2 N–H and O–H groups in total. The summed E-state index contributed by atoms with van der Waals surface area (Å²) in [5.74, 6) is 0.687. The van der Waals surface area contributed by atoms with Gasteiger partial charge in [-0.2, -0.15) is 5.10 Å². The van der Waals surface area contributed by atoms with Gasteiger partial charge in [-0.25, -0.2) is 4.68 Å². The predicted octanol–water partition coefficient (Wildman–Crippen LogP) is 6.77. The van der Waals surface area contributed by atoms with E-state index >= 15 is 0 Å². The van der Waals surface area contributed by atoms with Gasteiger partial charge in [-0.1, -0.05) is 80.6 Å². The van der Waals surface area contributed by atoms with Crippen molar-refractivity contribution in [1.29, 1.82) is 0 Å². The number of benzene rings is 3. The summed E-state index contributed by atoms with van der Waals surface area (Å²) in [6.07, 6.45) is 4.19. The third-order valence-electron chi connectivity index (χ3n) is 7.67. The van der Waals surface area contributed by atoms with Crippen LogP contribution in [0.5, 0.6) is 0 Å². The number of carbonyl (C=O) groups is 1. The smallest absolute Gasteiger partial charge is 0.257 e. The second-order valence-corrected chi connectivity index (χ2v) is 10.2. The first-order valence-electron chi connectivity index (χ1n) is 12.6. The number of aromatic nitrogens is 2. The van der Waals surface area contributed by atoms with E-state index in [0.29, 0.717) is 5.56 Å². The van der Waals surface area contributed by atoms with Gasteiger partial charge in [0, 0.05) is 0 Å². The van der Waals surface area contributed by atoms with Gasteiger partial charge in [-0.3, -0.25) is 4.79 Å². The zero-order chi connectivity index (χ0) is 24.6. The molecule has 0 fully saturated rings. The average Bonchev–Trinajstić information content (AvgIpc) is 3.33. The molecule has 180 valence electrons. The van der Waals surface area contributed by atoms with Gasteiger partial charge in [0.2, 0.25) is 0 Å². The lowest BCUT2D eigenvalue weighted by molar-refractivity contribution is 0.0890. The number of carbonyl (C=O) groups excluding carboxylic acids is 1. The van der Waals surface area contributed by atoms with E-state index in [1.165, 1.54) is 16.3 Å². The molecule has 3 aromatic carbocycles. The van der Waals surface area contributed by atoms with Crippen molar-refractivity contribution in [3.05, 3.63) is 95.7 Å². The SMILES string of the molecule is CCC(CC)(NC(=O)c1cnn2c1NC(c1ccccc1)CC2(C)C)c1ccc2ccccc2c1. The molecule has 0 aliphatic carbocycles. The highest BCUT2D eigenvalue weighted by atomic mass is 16.1. The quantitative estimate of drug-likeness (QED) is 0.329. The topological polar surface area (TPSA) is 59.0 Å². The molecule has 0 spiro atoms. The molecule has 0 saturated carbocycles. The maximum Gasteiger partial charge on any atom is 0.257 e. The Balaban J connectivity index is 1.49. The minimum atomic E-state index is -0.459. The minimum absolute atomic E-state index is 0.0971. The van der Waals surface area contributed by atoms with E-state index in [-0.39, 0.29) is 17.5 Å². The Morgan fingerprint density at radius 2 is 1.71 bits per heavy atom. The second-order valence-electron chi connectivity index (χ2n) is 10.2. The number of hydrogen-bond acceptors (Lipinski definition) is 3. The van der Waals surface area contributed by atoms with Crippen LogP contribution in [0.4, 0.5) is 5.82 Å². The standard InChI is InChI=1S/C30H34N4O/c1-5-30(6-2,24-17-16-21-12-10-11-15-23(21)18-24)33-28(35)25-20-31-34-27(25)32-26(19-29(34,3)4)22-13-8-7-9-14-22/h7-18,20,26,32H,5-6,19H2,1-4H3,(H,33,35). The zero-order valence-electron chi connectivity index (χ0n) is 21.0. The van der Waals surface area contributed by atoms with Crippen molar-refractivity contribution < 1.29 is 4.79 Å². The fraction of sp³-hybridized carbons (Fsp3) is 0.333. The fourth-order valence-corrected chi connectivity index (χ4v) is 5.48. The number of rotatable bonds is 6. The van der Waals surface area contributed by atoms with Crippen LogP contribution >= 0.6 is 0 Å². The van der Waals surface area contributed by atoms with Crippen LogP contribution in [0.25, 0.3) is 10.8 Å². The van der Waals surface area contributed by atoms with E-state index in [0.717, 1.165) is 30.6 Å². The van der Waals surface area contributed by atoms with Crippen LogP contribution in [-0.4, -0.2) is 15.7 Å². The molecule has 1 atom stereocenters. The van der Waals surface area contributed by atoms with E-state index in [4.69, 9.17) is 0 Å². The van der Waals surface area contributed by atoms with Gasteiger partial charge in [0.05, 0.1) is 23.3 Å². The molecular formula is C30H34N4O. The van der Waals surface area contributed by atoms with Gasteiger partial charge in [0.1, 0.15) is 11.4 Å². The molecule has 1 aliphatic rings. The second kappa shape index (κ2) is 8.88. The monoisotopic (exact) mass is 466 g/mol. The van der Waals surface area contributed by atoms with Crippen molar-refractivity contribution in [2.75, 3.05) is 5.32 Å². The molecule has 0 saturated heterocycles. The average molecular weight is 467 g/mol. The van der Waals surface area contributed by atoms with Gasteiger partial charge in [0.15, 0.2) is 0 Å². The summed E-state index contributed by atoms with van der Waals surface area (Å²) in [6.45, 7) is 8.64. The Kier molecular flexibility index (Phi) is 5.87. The van der Waals surface area contributed by atoms with Crippen LogP contribution in [0.1, 0.15) is 74.5 Å². The van der Waals surface area contributed by atoms with E-state index in [2.05, 4.69) is 110 Å². The Bertz CT molecular complexity index is 1350. The lowest BCUT2D eigenvalue weighted by Gasteiger charge is -2.38. The van der Waals surface area contributed by atoms with Crippen molar-refractivity contribution in [2.45, 2.75) is 64.1 Å². The third-order valence-corrected chi connectivity index (χ3v) is 7.67. The molecule has 5 nitrogen and oxygen atoms in total. The lowest BCUT2D eigenvalue weighted by Crippen LogP contribution is -2.45. The Morgan fingerprint density at radius 3 is 2.43 bits per heavy atom. The first-order valence-corrected chi connectivity index (χ1v) is 12.6. The highest BCUT2D eigenvalue weighted by molar-refractivity contribution is 5.99. The van der Waals surface area contributed by atoms with Crippen LogP contribution in [-0.2, 0) is 11.1 Å². The highest BCUT2D eigenvalue weighted by Crippen LogP contribution is 2.40. The fourth-order valence-electron chi connectivity index (χ4n) is 5.48. The van der Waals surface area contributed by atoms with Gasteiger partial charge in [-0.15, -0.1) is 0 Å². The van der Waals surface area contributed by atoms with Crippen molar-refractivity contribution in [2.24, 2.45) is 0 Å². The van der Waals surface area contributed by atoms with E-state index in [1.807, 2.05) is 10.7 Å². The number of nitrogens with one attached hydrogen (secondary N) is 2. The van der Waals surface area contributed by atoms with Crippen LogP contribution in [0.2, 0.25) is 0 Å². The van der Waals surface area contributed by atoms with E-state index in [9.17, 15) is 4.79 Å². The molecule has 35 heavy (non-hydrogen) atoms. The molecule has 5 rings (SSSR count). The van der Waals surface area contributed by atoms with Crippen LogP contribution in [0, 0.1) is 0 Å². The minimum Gasteiger partial charge on any atom is -0.363 e. The molecule has 1 amide bonds. The van der Waals surface area contributed by atoms with Crippen LogP contribution < -0.4 is 10.6 Å². The number of anilines is 1. The lowest BCUT2D eigenvalue weighted by atomic mass is 9.83. The summed E-state index contributed by atoms with van der Waals surface area (Å²) >= 11 is 0. The number of amides is 1. The summed E-state index contributed by atoms with van der Waals surface area (Å²) in [5.41, 5.74) is 2.26. The van der Waals surface area contributed by atoms with Gasteiger partial charge < -0.3 is 10.6 Å². The number of nitrogens with zero attached hydrogens (tertiary/aromatic N) is 2.